The number of ketones is 2. The summed E-state index contributed by atoms with van der Waals surface area (Å²) in [5, 5.41) is 22.8. The summed E-state index contributed by atoms with van der Waals surface area (Å²) in [6, 6.07) is 6.66. The van der Waals surface area contributed by atoms with Crippen LogP contribution in [0.15, 0.2) is 30.3 Å². The summed E-state index contributed by atoms with van der Waals surface area (Å²) in [7, 11) is 0. The van der Waals surface area contributed by atoms with Crippen molar-refractivity contribution < 1.29 is 24.6 Å². The lowest BCUT2D eigenvalue weighted by Crippen LogP contribution is -2.28. The summed E-state index contributed by atoms with van der Waals surface area (Å²) in [6.45, 7) is 4.33. The van der Waals surface area contributed by atoms with Crippen LogP contribution in [0.4, 0.5) is 0 Å². The number of hydrogen-bond acceptors (Lipinski definition) is 5. The molecule has 0 saturated heterocycles. The predicted octanol–water partition coefficient (Wildman–Crippen LogP) is 2.26. The number of carbonyl (C=O) groups is 3. The molecule has 0 radical (unpaired) electrons. The Morgan fingerprint density at radius 3 is 2.36 bits per heavy atom. The Kier molecular flexibility index (Phi) is 4.04. The Labute approximate surface area is 144 Å². The molecule has 2 aromatic carbocycles. The second-order valence-electron chi connectivity index (χ2n) is 6.38. The summed E-state index contributed by atoms with van der Waals surface area (Å²) in [5.74, 6) is -2.13. The molecule has 0 saturated carbocycles. The molecular formula is C19H17NO5. The van der Waals surface area contributed by atoms with Gasteiger partial charge in [-0.25, -0.2) is 0 Å². The second kappa shape index (κ2) is 6.05. The first kappa shape index (κ1) is 16.7. The fourth-order valence-electron chi connectivity index (χ4n) is 2.81. The van der Waals surface area contributed by atoms with E-state index in [-0.39, 0.29) is 39.5 Å². The quantitative estimate of drug-likeness (QED) is 0.679. The van der Waals surface area contributed by atoms with Crippen LogP contribution in [-0.2, 0) is 0 Å². The molecule has 3 N–H and O–H groups in total. The molecule has 3 rings (SSSR count). The average molecular weight is 339 g/mol. The maximum Gasteiger partial charge on any atom is 0.251 e. The summed E-state index contributed by atoms with van der Waals surface area (Å²) in [5.41, 5.74) is -0.220. The molecular weight excluding hydrogens is 322 g/mol. The van der Waals surface area contributed by atoms with Crippen molar-refractivity contribution in [1.29, 1.82) is 0 Å². The largest absolute Gasteiger partial charge is 0.507 e. The Bertz CT molecular complexity index is 914. The van der Waals surface area contributed by atoms with Crippen molar-refractivity contribution in [3.8, 4) is 11.5 Å². The highest BCUT2D eigenvalue weighted by Gasteiger charge is 2.34. The lowest BCUT2D eigenvalue weighted by Gasteiger charge is -2.20. The molecule has 6 heteroatoms. The first-order chi connectivity index (χ1) is 11.8. The molecule has 1 amide bonds. The molecule has 128 valence electrons. The van der Waals surface area contributed by atoms with Crippen molar-refractivity contribution >= 4 is 17.5 Å². The number of aromatic hydroxyl groups is 2. The molecule has 0 atom stereocenters. The first-order valence-corrected chi connectivity index (χ1v) is 7.87. The third-order valence-corrected chi connectivity index (χ3v) is 4.04. The highest BCUT2D eigenvalue weighted by atomic mass is 16.3. The molecule has 0 bridgehead atoms. The lowest BCUT2D eigenvalue weighted by molar-refractivity contribution is 0.0945. The molecule has 0 fully saturated rings. The zero-order valence-electron chi connectivity index (χ0n) is 13.8. The average Bonchev–Trinajstić information content (AvgIpc) is 2.56. The van der Waals surface area contributed by atoms with Gasteiger partial charge in [-0.15, -0.1) is 0 Å². The minimum Gasteiger partial charge on any atom is -0.507 e. The number of carbonyl (C=O) groups excluding carboxylic acids is 3. The van der Waals surface area contributed by atoms with E-state index in [4.69, 9.17) is 0 Å². The summed E-state index contributed by atoms with van der Waals surface area (Å²) < 4.78 is 0. The Morgan fingerprint density at radius 2 is 1.68 bits per heavy atom. The molecule has 0 aromatic heterocycles. The van der Waals surface area contributed by atoms with Crippen molar-refractivity contribution in [2.75, 3.05) is 6.54 Å². The van der Waals surface area contributed by atoms with Crippen LogP contribution in [0.25, 0.3) is 0 Å². The third kappa shape index (κ3) is 2.76. The fraction of sp³-hybridized carbons (Fsp3) is 0.211. The van der Waals surface area contributed by atoms with Gasteiger partial charge in [0.2, 0.25) is 5.78 Å². The molecule has 1 aliphatic rings. The van der Waals surface area contributed by atoms with Crippen LogP contribution < -0.4 is 5.32 Å². The van der Waals surface area contributed by atoms with Gasteiger partial charge in [0.15, 0.2) is 5.78 Å². The van der Waals surface area contributed by atoms with Crippen LogP contribution in [0.3, 0.4) is 0 Å². The number of phenols is 2. The Balaban J connectivity index is 2.10. The normalized spacial score (nSPS) is 12.8. The van der Waals surface area contributed by atoms with Crippen LogP contribution >= 0.6 is 0 Å². The van der Waals surface area contributed by atoms with Gasteiger partial charge in [0.1, 0.15) is 11.5 Å². The maximum absolute atomic E-state index is 12.7. The number of amides is 1. The minimum absolute atomic E-state index is 0.0437. The van der Waals surface area contributed by atoms with Gasteiger partial charge in [-0.3, -0.25) is 14.4 Å². The fourth-order valence-corrected chi connectivity index (χ4v) is 2.81. The zero-order valence-corrected chi connectivity index (χ0v) is 13.8. The molecule has 0 aliphatic heterocycles. The zero-order chi connectivity index (χ0) is 18.3. The van der Waals surface area contributed by atoms with Crippen LogP contribution in [0.2, 0.25) is 0 Å². The predicted molar refractivity (Wildman–Crippen MR) is 90.2 cm³/mol. The van der Waals surface area contributed by atoms with Crippen molar-refractivity contribution in [2.24, 2.45) is 5.92 Å². The Hall–Kier alpha value is -3.15. The van der Waals surface area contributed by atoms with Gasteiger partial charge in [0.05, 0.1) is 11.1 Å². The van der Waals surface area contributed by atoms with Gasteiger partial charge in [-0.1, -0.05) is 26.0 Å². The van der Waals surface area contributed by atoms with Crippen molar-refractivity contribution in [2.45, 2.75) is 13.8 Å². The molecule has 2 aromatic rings. The van der Waals surface area contributed by atoms with Gasteiger partial charge in [-0.2, -0.15) is 0 Å². The second-order valence-corrected chi connectivity index (χ2v) is 6.38. The molecule has 1 aliphatic carbocycles. The number of hydrogen-bond donors (Lipinski definition) is 3. The van der Waals surface area contributed by atoms with Crippen LogP contribution in [0.1, 0.15) is 56.0 Å². The van der Waals surface area contributed by atoms with E-state index in [0.717, 1.165) is 6.07 Å². The smallest absolute Gasteiger partial charge is 0.251 e. The number of nitrogens with one attached hydrogen (secondary N) is 1. The third-order valence-electron chi connectivity index (χ3n) is 4.04. The molecule has 0 unspecified atom stereocenters. The Morgan fingerprint density at radius 1 is 1.00 bits per heavy atom. The summed E-state index contributed by atoms with van der Waals surface area (Å²) in [6.07, 6.45) is 0. The van der Waals surface area contributed by atoms with Crippen LogP contribution in [-0.4, -0.2) is 34.2 Å². The molecule has 6 nitrogen and oxygen atoms in total. The number of rotatable bonds is 3. The van der Waals surface area contributed by atoms with E-state index in [9.17, 15) is 24.6 Å². The minimum atomic E-state index is -0.644. The topological polar surface area (TPSA) is 104 Å². The number of fused-ring (bicyclic) bond motifs is 2. The monoisotopic (exact) mass is 339 g/mol. The molecule has 25 heavy (non-hydrogen) atoms. The van der Waals surface area contributed by atoms with Gasteiger partial charge < -0.3 is 15.5 Å². The van der Waals surface area contributed by atoms with E-state index in [2.05, 4.69) is 5.32 Å². The SMILES string of the molecule is CC(C)CNC(=O)c1cc(O)c2c(c1)C(=O)c1cccc(O)c1C2=O. The van der Waals surface area contributed by atoms with E-state index >= 15 is 0 Å². The van der Waals surface area contributed by atoms with E-state index in [1.54, 1.807) is 0 Å². The van der Waals surface area contributed by atoms with E-state index in [1.807, 2.05) is 13.8 Å². The summed E-state index contributed by atoms with van der Waals surface area (Å²) in [4.78, 5) is 37.5. The number of phenolic OH excluding ortho intramolecular Hbond substituents is 2. The number of benzene rings is 2. The van der Waals surface area contributed by atoms with Crippen molar-refractivity contribution in [3.63, 3.8) is 0 Å². The molecule has 0 heterocycles. The van der Waals surface area contributed by atoms with Crippen molar-refractivity contribution in [1.82, 2.24) is 5.32 Å². The first-order valence-electron chi connectivity index (χ1n) is 7.87. The van der Waals surface area contributed by atoms with E-state index in [1.165, 1.54) is 24.3 Å². The lowest BCUT2D eigenvalue weighted by atomic mass is 9.82. The standard InChI is InChI=1S/C19H17NO5/c1-9(2)8-20-19(25)10-6-12-16(14(22)7-10)18(24)15-11(17(12)23)4-3-5-13(15)21/h3-7,9,21-22H,8H2,1-2H3,(H,20,25). The highest BCUT2D eigenvalue weighted by molar-refractivity contribution is 6.30. The van der Waals surface area contributed by atoms with E-state index < -0.39 is 23.2 Å². The maximum atomic E-state index is 12.7. The van der Waals surface area contributed by atoms with Gasteiger partial charge in [0.25, 0.3) is 5.91 Å². The van der Waals surface area contributed by atoms with Gasteiger partial charge >= 0.3 is 0 Å². The summed E-state index contributed by atoms with van der Waals surface area (Å²) >= 11 is 0. The van der Waals surface area contributed by atoms with Gasteiger partial charge in [-0.05, 0) is 24.1 Å². The van der Waals surface area contributed by atoms with Gasteiger partial charge in [0, 0.05) is 23.2 Å². The van der Waals surface area contributed by atoms with Crippen LogP contribution in [0.5, 0.6) is 11.5 Å². The molecule has 0 spiro atoms. The van der Waals surface area contributed by atoms with Crippen molar-refractivity contribution in [3.05, 3.63) is 58.1 Å². The van der Waals surface area contributed by atoms with Crippen LogP contribution in [0, 0.1) is 5.92 Å². The van der Waals surface area contributed by atoms with E-state index in [0.29, 0.717) is 6.54 Å². The highest BCUT2D eigenvalue weighted by Crippen LogP contribution is 2.37.